The van der Waals surface area contributed by atoms with Crippen molar-refractivity contribution in [1.29, 1.82) is 0 Å². The highest BCUT2D eigenvalue weighted by atomic mass is 32.1. The smallest absolute Gasteiger partial charge is 0.267 e. The number of rotatable bonds is 1. The quantitative estimate of drug-likeness (QED) is 0.607. The van der Waals surface area contributed by atoms with Crippen molar-refractivity contribution in [3.8, 4) is 23.0 Å². The molecule has 1 aliphatic rings. The number of anilines is 1. The van der Waals surface area contributed by atoms with Crippen LogP contribution in [-0.2, 0) is 4.79 Å². The van der Waals surface area contributed by atoms with Crippen molar-refractivity contribution in [2.24, 2.45) is 0 Å². The van der Waals surface area contributed by atoms with Gasteiger partial charge in [-0.3, -0.25) is 4.79 Å². The Morgan fingerprint density at radius 3 is 2.86 bits per heavy atom. The molecule has 5 nitrogen and oxygen atoms in total. The summed E-state index contributed by atoms with van der Waals surface area (Å²) in [6.45, 7) is -0.676. The van der Waals surface area contributed by atoms with Crippen LogP contribution in [0.3, 0.4) is 0 Å². The first-order valence-electron chi connectivity index (χ1n) is 10.4. The number of aliphatic hydroxyl groups is 1. The number of nitrogens with zero attached hydrogens (tertiary/aromatic N) is 2. The monoisotopic (exact) mass is 408 g/mol. The Hall–Kier alpha value is -3.01. The molecule has 0 unspecified atom stereocenters. The second-order valence-electron chi connectivity index (χ2n) is 6.98. The summed E-state index contributed by atoms with van der Waals surface area (Å²) >= 11 is 0. The van der Waals surface area contributed by atoms with E-state index in [0.717, 1.165) is 27.5 Å². The fourth-order valence-electron chi connectivity index (χ4n) is 3.37. The Morgan fingerprint density at radius 2 is 2.10 bits per heavy atom. The van der Waals surface area contributed by atoms with Crippen LogP contribution in [0.5, 0.6) is 0 Å². The minimum absolute atomic E-state index is 0. The Labute approximate surface area is 181 Å². The van der Waals surface area contributed by atoms with Crippen LogP contribution < -0.4 is 5.73 Å². The summed E-state index contributed by atoms with van der Waals surface area (Å²) in [4.78, 5) is 17.2. The van der Waals surface area contributed by atoms with Crippen LogP contribution >= 0.6 is 13.5 Å². The van der Waals surface area contributed by atoms with Gasteiger partial charge < -0.3 is 15.7 Å². The van der Waals surface area contributed by atoms with E-state index in [9.17, 15) is 9.90 Å². The number of likely N-dealkylation sites (tertiary alicyclic amines) is 1. The first kappa shape index (κ1) is 16.9. The molecule has 29 heavy (non-hydrogen) atoms. The summed E-state index contributed by atoms with van der Waals surface area (Å²) in [6, 6.07) is 13.4. The summed E-state index contributed by atoms with van der Waals surface area (Å²) < 4.78 is 22.3. The van der Waals surface area contributed by atoms with E-state index in [1.54, 1.807) is 12.3 Å². The van der Waals surface area contributed by atoms with Gasteiger partial charge in [0.1, 0.15) is 5.82 Å². The molecule has 2 aromatic carbocycles. The number of hydrogen-bond donors (Lipinski definition) is 2. The van der Waals surface area contributed by atoms with E-state index in [1.165, 1.54) is 0 Å². The van der Waals surface area contributed by atoms with Gasteiger partial charge in [-0.1, -0.05) is 30.0 Å². The number of nitrogens with two attached hydrogens (primary N) is 1. The van der Waals surface area contributed by atoms with Crippen molar-refractivity contribution in [2.45, 2.75) is 18.9 Å². The lowest BCUT2D eigenvalue weighted by Gasteiger charge is -2.13. The molecule has 0 radical (unpaired) electrons. The topological polar surface area (TPSA) is 79.4 Å². The molecule has 1 saturated heterocycles. The Morgan fingerprint density at radius 1 is 1.28 bits per heavy atom. The van der Waals surface area contributed by atoms with Crippen LogP contribution in [0.2, 0.25) is 0 Å². The molecule has 0 saturated carbocycles. The molecular formula is C23H23N3O2S. The third kappa shape index (κ3) is 3.80. The molecule has 3 N–H and O–H groups in total. The van der Waals surface area contributed by atoms with Crippen LogP contribution in [-0.4, -0.2) is 40.0 Å². The SMILES string of the molecule is S.[2H]C([2H])([2H])N1CC[C@@](O)(C#Cc2ccc(C)c(-c3ccc4ccnc(N)c4c3)c2)C1=O. The first-order chi connectivity index (χ1) is 14.6. The highest BCUT2D eigenvalue weighted by molar-refractivity contribution is 7.59. The molecule has 1 fully saturated rings. The van der Waals surface area contributed by atoms with E-state index in [0.29, 0.717) is 16.3 Å². The van der Waals surface area contributed by atoms with Crippen molar-refractivity contribution in [3.63, 3.8) is 0 Å². The number of hydrogen-bond acceptors (Lipinski definition) is 4. The van der Waals surface area contributed by atoms with Crippen LogP contribution in [0, 0.1) is 18.8 Å². The van der Waals surface area contributed by atoms with Gasteiger partial charge in [-0.15, -0.1) is 0 Å². The zero-order valence-corrected chi connectivity index (χ0v) is 16.9. The summed E-state index contributed by atoms with van der Waals surface area (Å²) in [5.41, 5.74) is 7.53. The van der Waals surface area contributed by atoms with Gasteiger partial charge in [-0.05, 0) is 53.3 Å². The molecule has 4 rings (SSSR count). The van der Waals surface area contributed by atoms with Gasteiger partial charge in [0.2, 0.25) is 5.60 Å². The van der Waals surface area contributed by atoms with Crippen LogP contribution in [0.15, 0.2) is 48.7 Å². The van der Waals surface area contributed by atoms with E-state index in [2.05, 4.69) is 16.8 Å². The second-order valence-corrected chi connectivity index (χ2v) is 6.98. The van der Waals surface area contributed by atoms with Gasteiger partial charge in [0, 0.05) is 41.2 Å². The zero-order valence-electron chi connectivity index (χ0n) is 18.9. The summed E-state index contributed by atoms with van der Waals surface area (Å²) in [5.74, 6) is 5.01. The predicted octanol–water partition coefficient (Wildman–Crippen LogP) is 2.85. The number of benzene rings is 2. The van der Waals surface area contributed by atoms with E-state index in [-0.39, 0.29) is 26.5 Å². The fraction of sp³-hybridized carbons (Fsp3) is 0.217. The molecule has 2 heterocycles. The van der Waals surface area contributed by atoms with Crippen LogP contribution in [0.25, 0.3) is 21.9 Å². The van der Waals surface area contributed by atoms with E-state index in [4.69, 9.17) is 9.85 Å². The Kier molecular flexibility index (Phi) is 4.54. The predicted molar refractivity (Wildman–Crippen MR) is 121 cm³/mol. The average Bonchev–Trinajstić information content (AvgIpc) is 3.03. The molecule has 3 aromatic rings. The number of aryl methyl sites for hydroxylation is 1. The second kappa shape index (κ2) is 7.78. The number of aromatic nitrogens is 1. The Bertz CT molecular complexity index is 1270. The molecular weight excluding hydrogens is 382 g/mol. The van der Waals surface area contributed by atoms with Gasteiger partial charge in [-0.25, -0.2) is 4.98 Å². The van der Waals surface area contributed by atoms with Crippen molar-refractivity contribution in [3.05, 3.63) is 59.8 Å². The lowest BCUT2D eigenvalue weighted by Crippen LogP contribution is -2.37. The summed E-state index contributed by atoms with van der Waals surface area (Å²) in [6.07, 6.45) is 1.62. The number of carbonyl (C=O) groups is 1. The van der Waals surface area contributed by atoms with E-state index in [1.807, 2.05) is 43.3 Å². The Balaban J connectivity index is 0.00000289. The molecule has 1 aromatic heterocycles. The zero-order chi connectivity index (χ0) is 22.4. The standard InChI is InChI=1S/C23H21N3O2.H2S/c1-15-3-4-16(7-9-23(28)10-12-26(2)22(23)27)13-19(15)18-6-5-17-8-11-25-21(24)20(17)14-18;/h3-6,8,11,13-14,28H,10,12H2,1-2H3,(H2,24,25);1H2/t23-;/m0./s1/i2D3;. The highest BCUT2D eigenvalue weighted by Crippen LogP contribution is 2.29. The van der Waals surface area contributed by atoms with E-state index < -0.39 is 18.5 Å². The third-order valence-electron chi connectivity index (χ3n) is 5.06. The molecule has 6 heteroatoms. The molecule has 1 atom stereocenters. The number of nitrogen functional groups attached to an aromatic ring is 1. The maximum atomic E-state index is 12.4. The van der Waals surface area contributed by atoms with Crippen molar-refractivity contribution < 1.29 is 14.0 Å². The number of fused-ring (bicyclic) bond motifs is 1. The van der Waals surface area contributed by atoms with Gasteiger partial charge in [0.25, 0.3) is 5.91 Å². The minimum Gasteiger partial charge on any atom is -0.383 e. The fourth-order valence-corrected chi connectivity index (χ4v) is 3.37. The van der Waals surface area contributed by atoms with Crippen molar-refractivity contribution >= 4 is 36.0 Å². The van der Waals surface area contributed by atoms with Gasteiger partial charge in [-0.2, -0.15) is 13.5 Å². The lowest BCUT2D eigenvalue weighted by molar-refractivity contribution is -0.137. The third-order valence-corrected chi connectivity index (χ3v) is 5.06. The van der Waals surface area contributed by atoms with Gasteiger partial charge in [0.15, 0.2) is 0 Å². The number of pyridine rings is 1. The van der Waals surface area contributed by atoms with Crippen molar-refractivity contribution in [2.75, 3.05) is 19.3 Å². The normalized spacial score (nSPS) is 20.3. The average molecular weight is 409 g/mol. The van der Waals surface area contributed by atoms with Gasteiger partial charge >= 0.3 is 0 Å². The molecule has 148 valence electrons. The molecule has 0 aliphatic carbocycles. The minimum atomic E-state index is -2.59. The molecule has 0 spiro atoms. The maximum absolute atomic E-state index is 12.4. The van der Waals surface area contributed by atoms with Crippen molar-refractivity contribution in [1.82, 2.24) is 9.88 Å². The molecule has 1 aliphatic heterocycles. The number of likely N-dealkylation sites (N-methyl/N-ethyl adjacent to an activating group) is 1. The molecule has 0 bridgehead atoms. The lowest BCUT2D eigenvalue weighted by atomic mass is 9.95. The number of carbonyl (C=O) groups excluding carboxylic acids is 1. The van der Waals surface area contributed by atoms with Crippen LogP contribution in [0.4, 0.5) is 5.82 Å². The number of amides is 1. The first-order valence-corrected chi connectivity index (χ1v) is 8.91. The summed E-state index contributed by atoms with van der Waals surface area (Å²) in [5, 5.41) is 12.5. The largest absolute Gasteiger partial charge is 0.383 e. The highest BCUT2D eigenvalue weighted by Gasteiger charge is 2.42. The van der Waals surface area contributed by atoms with E-state index >= 15 is 0 Å². The summed E-state index contributed by atoms with van der Waals surface area (Å²) in [7, 11) is 0. The maximum Gasteiger partial charge on any atom is 0.267 e. The molecule has 1 amide bonds. The van der Waals surface area contributed by atoms with Gasteiger partial charge in [0.05, 0.1) is 0 Å². The van der Waals surface area contributed by atoms with Crippen LogP contribution in [0.1, 0.15) is 21.7 Å².